The summed E-state index contributed by atoms with van der Waals surface area (Å²) in [5, 5.41) is 17.4. The number of hydrogen-bond donors (Lipinski definition) is 5. The Morgan fingerprint density at radius 2 is 2.09 bits per heavy atom. The van der Waals surface area contributed by atoms with Crippen molar-refractivity contribution in [3.05, 3.63) is 66.0 Å². The molecular weight excluding hydrogens is 436 g/mol. The fourth-order valence-electron chi connectivity index (χ4n) is 4.30. The molecule has 0 radical (unpaired) electrons. The molecule has 0 spiro atoms. The molecule has 1 amide bonds. The molecule has 9 nitrogen and oxygen atoms in total. The number of aliphatic imine (C=N–C) groups is 1. The summed E-state index contributed by atoms with van der Waals surface area (Å²) in [4.78, 5) is 19.2. The van der Waals surface area contributed by atoms with Gasteiger partial charge in [0.2, 0.25) is 11.7 Å². The van der Waals surface area contributed by atoms with Crippen LogP contribution in [0.3, 0.4) is 0 Å². The molecule has 2 fully saturated rings. The molecule has 4 heterocycles. The minimum Gasteiger partial charge on any atom is -0.348 e. The maximum Gasteiger partial charge on any atom is 0.251 e. The van der Waals surface area contributed by atoms with E-state index in [2.05, 4.69) is 47.7 Å². The van der Waals surface area contributed by atoms with Crippen LogP contribution in [0.2, 0.25) is 0 Å². The topological polar surface area (TPSA) is 102 Å². The number of rotatable bonds is 7. The van der Waals surface area contributed by atoms with E-state index in [1.54, 1.807) is 11.9 Å². The van der Waals surface area contributed by atoms with Crippen LogP contribution in [0.15, 0.2) is 64.6 Å². The van der Waals surface area contributed by atoms with Gasteiger partial charge >= 0.3 is 0 Å². The van der Waals surface area contributed by atoms with Gasteiger partial charge < -0.3 is 10.6 Å². The summed E-state index contributed by atoms with van der Waals surface area (Å²) in [5.41, 5.74) is 1.89. The molecule has 6 rings (SSSR count). The van der Waals surface area contributed by atoms with Gasteiger partial charge in [0.05, 0.1) is 12.4 Å². The number of hydrogen-bond acceptors (Lipinski definition) is 7. The second-order valence-electron chi connectivity index (χ2n) is 8.81. The van der Waals surface area contributed by atoms with Gasteiger partial charge in [-0.1, -0.05) is 0 Å². The number of carbonyl (C=O) groups excluding carboxylic acids is 1. The van der Waals surface area contributed by atoms with Crippen LogP contribution in [-0.4, -0.2) is 51.9 Å². The molecule has 1 aromatic carbocycles. The van der Waals surface area contributed by atoms with E-state index in [0.29, 0.717) is 18.0 Å². The number of nitrogens with zero attached hydrogens (tertiary/aromatic N) is 3. The lowest BCUT2D eigenvalue weighted by Gasteiger charge is -2.27. The van der Waals surface area contributed by atoms with E-state index < -0.39 is 0 Å². The van der Waals surface area contributed by atoms with Crippen molar-refractivity contribution in [1.82, 2.24) is 25.1 Å². The number of aromatic nitrogens is 2. The Labute approximate surface area is 196 Å². The van der Waals surface area contributed by atoms with Gasteiger partial charge in [-0.3, -0.25) is 19.5 Å². The number of H-pyrrole nitrogens is 1. The zero-order valence-corrected chi connectivity index (χ0v) is 19.0. The second-order valence-corrected chi connectivity index (χ2v) is 9.93. The van der Waals surface area contributed by atoms with E-state index in [9.17, 15) is 4.79 Å². The molecule has 2 atom stereocenters. The Morgan fingerprint density at radius 3 is 2.88 bits per heavy atom. The Morgan fingerprint density at radius 1 is 1.21 bits per heavy atom. The first kappa shape index (κ1) is 20.5. The lowest BCUT2D eigenvalue weighted by atomic mass is 10.2. The fourth-order valence-corrected chi connectivity index (χ4v) is 5.17. The minimum atomic E-state index is -0.0141. The molecule has 1 aliphatic carbocycles. The second kappa shape index (κ2) is 8.69. The normalized spacial score (nSPS) is 23.8. The smallest absolute Gasteiger partial charge is 0.251 e. The molecule has 10 heteroatoms. The number of anilines is 1. The molecular formula is C23H27N8OS+. The zero-order valence-electron chi connectivity index (χ0n) is 18.2. The number of amides is 1. The molecule has 33 heavy (non-hydrogen) atoms. The van der Waals surface area contributed by atoms with E-state index in [-0.39, 0.29) is 11.9 Å². The Balaban J connectivity index is 1.13. The van der Waals surface area contributed by atoms with Crippen LogP contribution >= 0.6 is 11.9 Å². The molecule has 2 aromatic rings. The van der Waals surface area contributed by atoms with Crippen molar-refractivity contribution in [2.24, 2.45) is 4.99 Å². The van der Waals surface area contributed by atoms with E-state index in [0.717, 1.165) is 46.8 Å². The number of carbonyl (C=O) groups is 1. The highest BCUT2D eigenvalue weighted by atomic mass is 32.2. The molecule has 1 saturated heterocycles. The third-order valence-corrected chi connectivity index (χ3v) is 7.22. The molecule has 3 aliphatic heterocycles. The third kappa shape index (κ3) is 4.54. The summed E-state index contributed by atoms with van der Waals surface area (Å²) in [6.45, 7) is 2.51. The average molecular weight is 464 g/mol. The van der Waals surface area contributed by atoms with Crippen molar-refractivity contribution in [1.29, 1.82) is 0 Å². The van der Waals surface area contributed by atoms with Crippen LogP contribution in [-0.2, 0) is 0 Å². The van der Waals surface area contributed by atoms with Gasteiger partial charge in [0.15, 0.2) is 5.82 Å². The van der Waals surface area contributed by atoms with Crippen LogP contribution in [0.4, 0.5) is 5.82 Å². The highest BCUT2D eigenvalue weighted by Gasteiger charge is 2.32. The minimum absolute atomic E-state index is 0.0141. The Bertz CT molecular complexity index is 1130. The number of aromatic amines is 1. The summed E-state index contributed by atoms with van der Waals surface area (Å²) in [6.07, 6.45) is 9.46. The van der Waals surface area contributed by atoms with E-state index >= 15 is 0 Å². The Kier molecular flexibility index (Phi) is 5.41. The van der Waals surface area contributed by atoms with Crippen LogP contribution in [0.25, 0.3) is 0 Å². The standard InChI is InChI=1S/C23H26N8OS/c32-23(26-17-7-8-24-12-17)16-3-5-18(6-4-16)33-30-13-21-25-9-10-31(21)22(14-30)27-20-11-19(28-29-20)15-1-2-15/h3-6,9-11,14-15,17,24H,1-2,7-8,12-13H2,(H,26,32)(H2,27,28,29)/p+1. The molecule has 1 aromatic heterocycles. The molecule has 4 aliphatic rings. The lowest BCUT2D eigenvalue weighted by Crippen LogP contribution is -3.10. The maximum atomic E-state index is 12.5. The van der Waals surface area contributed by atoms with Gasteiger partial charge in [-0.15, -0.1) is 0 Å². The zero-order chi connectivity index (χ0) is 22.2. The van der Waals surface area contributed by atoms with E-state index in [4.69, 9.17) is 0 Å². The first-order valence-electron chi connectivity index (χ1n) is 11.4. The van der Waals surface area contributed by atoms with Gasteiger partial charge in [0, 0.05) is 40.7 Å². The number of benzene rings is 1. The van der Waals surface area contributed by atoms with Crippen molar-refractivity contribution in [3.8, 4) is 0 Å². The van der Waals surface area contributed by atoms with Crippen molar-refractivity contribution in [2.45, 2.75) is 36.1 Å². The highest BCUT2D eigenvalue weighted by molar-refractivity contribution is 7.97. The maximum absolute atomic E-state index is 12.5. The van der Waals surface area contributed by atoms with Crippen molar-refractivity contribution < 1.29 is 9.69 Å². The summed E-state index contributed by atoms with van der Waals surface area (Å²) in [7, 11) is 0. The lowest BCUT2D eigenvalue weighted by molar-refractivity contribution is -0.699. The van der Waals surface area contributed by atoms with Crippen LogP contribution in [0.1, 0.15) is 41.2 Å². The van der Waals surface area contributed by atoms with Gasteiger partial charge in [0.1, 0.15) is 12.7 Å². The molecule has 1 saturated carbocycles. The third-order valence-electron chi connectivity index (χ3n) is 6.26. The summed E-state index contributed by atoms with van der Waals surface area (Å²) >= 11 is 1.63. The number of nitrogens with one attached hydrogen (secondary N) is 5. The molecule has 5 N–H and O–H groups in total. The first-order chi connectivity index (χ1) is 16.2. The quantitative estimate of drug-likeness (QED) is 0.398. The van der Waals surface area contributed by atoms with Gasteiger partial charge in [-0.25, -0.2) is 9.89 Å². The highest BCUT2D eigenvalue weighted by Crippen LogP contribution is 2.39. The number of amidine groups is 1. The predicted octanol–water partition coefficient (Wildman–Crippen LogP) is 1.38. The van der Waals surface area contributed by atoms with Crippen LogP contribution in [0.5, 0.6) is 0 Å². The van der Waals surface area contributed by atoms with Gasteiger partial charge in [-0.2, -0.15) is 5.10 Å². The average Bonchev–Trinajstić information content (AvgIpc) is 3.19. The monoisotopic (exact) mass is 463 g/mol. The van der Waals surface area contributed by atoms with Crippen molar-refractivity contribution in [2.75, 3.05) is 25.0 Å². The van der Waals surface area contributed by atoms with Crippen molar-refractivity contribution >= 4 is 29.5 Å². The van der Waals surface area contributed by atoms with E-state index in [1.807, 2.05) is 36.7 Å². The fraction of sp³-hybridized carbons (Fsp3) is 0.348. The molecule has 170 valence electrons. The first-order valence-corrected chi connectivity index (χ1v) is 12.2. The molecule has 2 unspecified atom stereocenters. The number of quaternary nitrogens is 1. The predicted molar refractivity (Wildman–Crippen MR) is 128 cm³/mol. The van der Waals surface area contributed by atoms with Crippen molar-refractivity contribution in [3.63, 3.8) is 0 Å². The van der Waals surface area contributed by atoms with Gasteiger partial charge in [0.25, 0.3) is 5.91 Å². The summed E-state index contributed by atoms with van der Waals surface area (Å²) < 4.78 is 2.16. The number of fused-ring (bicyclic) bond motifs is 1. The SMILES string of the molecule is O=C(NC1CCNC1)c1ccc(SN2C=C(Nc3cc(C4CC4)[nH]n3)[NH+]3C=CN=C3C2)cc1. The van der Waals surface area contributed by atoms with Crippen LogP contribution in [0, 0.1) is 0 Å². The Hall–Kier alpha value is -3.08. The summed E-state index contributed by atoms with van der Waals surface area (Å²) in [6, 6.07) is 10.1. The summed E-state index contributed by atoms with van der Waals surface area (Å²) in [5.74, 6) is 3.47. The van der Waals surface area contributed by atoms with E-state index in [1.165, 1.54) is 18.5 Å². The molecule has 0 bridgehead atoms. The van der Waals surface area contributed by atoms with Gasteiger partial charge in [-0.05, 0) is 62.0 Å². The largest absolute Gasteiger partial charge is 0.348 e. The van der Waals surface area contributed by atoms with Crippen LogP contribution < -0.4 is 20.9 Å².